The monoisotopic (exact) mass is 265 g/mol. The summed E-state index contributed by atoms with van der Waals surface area (Å²) in [7, 11) is 0. The van der Waals surface area contributed by atoms with Crippen molar-refractivity contribution >= 4 is 28.9 Å². The Morgan fingerprint density at radius 2 is 1.76 bits per heavy atom. The summed E-state index contributed by atoms with van der Waals surface area (Å²) in [5, 5.41) is 4.72. The van der Waals surface area contributed by atoms with E-state index < -0.39 is 0 Å². The zero-order chi connectivity index (χ0) is 12.3. The van der Waals surface area contributed by atoms with Crippen molar-refractivity contribution in [2.45, 2.75) is 13.5 Å². The summed E-state index contributed by atoms with van der Waals surface area (Å²) in [5.41, 5.74) is 3.27. The molecule has 0 atom stereocenters. The van der Waals surface area contributed by atoms with E-state index in [-0.39, 0.29) is 0 Å². The summed E-state index contributed by atoms with van der Waals surface area (Å²) in [4.78, 5) is 0. The van der Waals surface area contributed by atoms with E-state index in [2.05, 4.69) is 5.32 Å². The lowest BCUT2D eigenvalue weighted by Crippen LogP contribution is -2.01. The van der Waals surface area contributed by atoms with Crippen LogP contribution in [0.1, 0.15) is 11.1 Å². The summed E-state index contributed by atoms with van der Waals surface area (Å²) in [6, 6.07) is 13.8. The van der Waals surface area contributed by atoms with Gasteiger partial charge < -0.3 is 5.32 Å². The minimum absolute atomic E-state index is 0.672. The SMILES string of the molecule is Cc1c(Cl)cc(Cl)cc1CNc1ccccc1. The molecule has 0 spiro atoms. The van der Waals surface area contributed by atoms with Crippen LogP contribution < -0.4 is 5.32 Å². The molecule has 2 aromatic rings. The second-order valence-electron chi connectivity index (χ2n) is 3.89. The standard InChI is InChI=1S/C14H13Cl2N/c1-10-11(7-12(15)8-14(10)16)9-17-13-5-3-2-4-6-13/h2-8,17H,9H2,1H3. The largest absolute Gasteiger partial charge is 0.381 e. The number of halogens is 2. The molecule has 1 nitrogen and oxygen atoms in total. The third-order valence-electron chi connectivity index (χ3n) is 2.67. The summed E-state index contributed by atoms with van der Waals surface area (Å²) < 4.78 is 0. The Morgan fingerprint density at radius 1 is 1.06 bits per heavy atom. The molecule has 0 heterocycles. The number of rotatable bonds is 3. The van der Waals surface area contributed by atoms with E-state index in [4.69, 9.17) is 23.2 Å². The first kappa shape index (κ1) is 12.3. The highest BCUT2D eigenvalue weighted by Gasteiger charge is 2.04. The normalized spacial score (nSPS) is 10.3. The van der Waals surface area contributed by atoms with E-state index in [9.17, 15) is 0 Å². The van der Waals surface area contributed by atoms with Gasteiger partial charge in [0.1, 0.15) is 0 Å². The zero-order valence-corrected chi connectivity index (χ0v) is 11.0. The Hall–Kier alpha value is -1.18. The first-order valence-corrected chi connectivity index (χ1v) is 6.16. The Bertz CT molecular complexity index is 509. The van der Waals surface area contributed by atoms with Crippen LogP contribution in [0.2, 0.25) is 10.0 Å². The van der Waals surface area contributed by atoms with Crippen LogP contribution >= 0.6 is 23.2 Å². The lowest BCUT2D eigenvalue weighted by molar-refractivity contribution is 1.12. The average Bonchev–Trinajstić information content (AvgIpc) is 2.33. The molecule has 1 N–H and O–H groups in total. The molecule has 2 aromatic carbocycles. The molecule has 0 bridgehead atoms. The molecule has 2 rings (SSSR count). The van der Waals surface area contributed by atoms with Gasteiger partial charge in [-0.3, -0.25) is 0 Å². The second kappa shape index (κ2) is 5.44. The van der Waals surface area contributed by atoms with Crippen LogP contribution in [0.5, 0.6) is 0 Å². The molecule has 17 heavy (non-hydrogen) atoms. The van der Waals surface area contributed by atoms with E-state index in [1.54, 1.807) is 6.07 Å². The van der Waals surface area contributed by atoms with Gasteiger partial charge in [-0.25, -0.2) is 0 Å². The van der Waals surface area contributed by atoms with E-state index in [0.717, 1.165) is 23.4 Å². The molecule has 0 saturated carbocycles. The maximum atomic E-state index is 6.09. The van der Waals surface area contributed by atoms with E-state index in [0.29, 0.717) is 10.0 Å². The highest BCUT2D eigenvalue weighted by Crippen LogP contribution is 2.25. The molecular formula is C14H13Cl2N. The minimum Gasteiger partial charge on any atom is -0.381 e. The van der Waals surface area contributed by atoms with Crippen LogP contribution in [0.25, 0.3) is 0 Å². The predicted octanol–water partition coefficient (Wildman–Crippen LogP) is 4.91. The molecular weight excluding hydrogens is 253 g/mol. The molecule has 0 saturated heterocycles. The van der Waals surface area contributed by atoms with Gasteiger partial charge in [-0.15, -0.1) is 0 Å². The molecule has 0 unspecified atom stereocenters. The molecule has 0 aliphatic carbocycles. The first-order valence-electron chi connectivity index (χ1n) is 5.40. The zero-order valence-electron chi connectivity index (χ0n) is 9.50. The van der Waals surface area contributed by atoms with Crippen LogP contribution in [-0.2, 0) is 6.54 Å². The van der Waals surface area contributed by atoms with Gasteiger partial charge in [0, 0.05) is 22.3 Å². The second-order valence-corrected chi connectivity index (χ2v) is 4.73. The topological polar surface area (TPSA) is 12.0 Å². The number of nitrogens with one attached hydrogen (secondary N) is 1. The van der Waals surface area contributed by atoms with Crippen LogP contribution in [0.3, 0.4) is 0 Å². The molecule has 88 valence electrons. The number of benzene rings is 2. The van der Waals surface area contributed by atoms with Crippen LogP contribution in [0, 0.1) is 6.92 Å². The Morgan fingerprint density at radius 3 is 2.47 bits per heavy atom. The molecule has 0 aromatic heterocycles. The Balaban J connectivity index is 2.14. The van der Waals surface area contributed by atoms with E-state index >= 15 is 0 Å². The summed E-state index contributed by atoms with van der Waals surface area (Å²) >= 11 is 12.1. The third-order valence-corrected chi connectivity index (χ3v) is 3.28. The van der Waals surface area contributed by atoms with Crippen molar-refractivity contribution in [3.8, 4) is 0 Å². The van der Waals surface area contributed by atoms with Gasteiger partial charge >= 0.3 is 0 Å². The first-order chi connectivity index (χ1) is 8.16. The summed E-state index contributed by atoms with van der Waals surface area (Å²) in [6.45, 7) is 2.72. The maximum absolute atomic E-state index is 6.09. The third kappa shape index (κ3) is 3.15. The molecule has 0 aliphatic heterocycles. The molecule has 0 amide bonds. The van der Waals surface area contributed by atoms with Gasteiger partial charge in [0.15, 0.2) is 0 Å². The van der Waals surface area contributed by atoms with Crippen LogP contribution in [0.4, 0.5) is 5.69 Å². The van der Waals surface area contributed by atoms with Gasteiger partial charge in [0.2, 0.25) is 0 Å². The van der Waals surface area contributed by atoms with Crippen molar-refractivity contribution < 1.29 is 0 Å². The van der Waals surface area contributed by atoms with E-state index in [1.165, 1.54) is 0 Å². The molecule has 0 aliphatic rings. The van der Waals surface area contributed by atoms with Gasteiger partial charge in [-0.05, 0) is 42.3 Å². The average molecular weight is 266 g/mol. The van der Waals surface area contributed by atoms with E-state index in [1.807, 2.05) is 43.3 Å². The van der Waals surface area contributed by atoms with Gasteiger partial charge in [0.25, 0.3) is 0 Å². The highest BCUT2D eigenvalue weighted by molar-refractivity contribution is 6.35. The van der Waals surface area contributed by atoms with Crippen molar-refractivity contribution in [3.05, 3.63) is 63.6 Å². The number of anilines is 1. The molecule has 0 fully saturated rings. The maximum Gasteiger partial charge on any atom is 0.0453 e. The van der Waals surface area contributed by atoms with Gasteiger partial charge in [-0.1, -0.05) is 41.4 Å². The number of hydrogen-bond donors (Lipinski definition) is 1. The quantitative estimate of drug-likeness (QED) is 0.831. The van der Waals surface area contributed by atoms with Crippen molar-refractivity contribution in [2.24, 2.45) is 0 Å². The van der Waals surface area contributed by atoms with Crippen molar-refractivity contribution in [3.63, 3.8) is 0 Å². The lowest BCUT2D eigenvalue weighted by atomic mass is 10.1. The van der Waals surface area contributed by atoms with Crippen LogP contribution in [-0.4, -0.2) is 0 Å². The highest BCUT2D eigenvalue weighted by atomic mass is 35.5. The minimum atomic E-state index is 0.672. The smallest absolute Gasteiger partial charge is 0.0453 e. The fourth-order valence-corrected chi connectivity index (χ4v) is 2.17. The van der Waals surface area contributed by atoms with Crippen molar-refractivity contribution in [1.29, 1.82) is 0 Å². The summed E-state index contributed by atoms with van der Waals surface area (Å²) in [5.74, 6) is 0. The predicted molar refractivity (Wildman–Crippen MR) is 75.0 cm³/mol. The fourth-order valence-electron chi connectivity index (χ4n) is 1.64. The molecule has 3 heteroatoms. The molecule has 0 radical (unpaired) electrons. The van der Waals surface area contributed by atoms with Gasteiger partial charge in [-0.2, -0.15) is 0 Å². The summed E-state index contributed by atoms with van der Waals surface area (Å²) in [6.07, 6.45) is 0. The lowest BCUT2D eigenvalue weighted by Gasteiger charge is -2.10. The Labute approximate surface area is 111 Å². The number of para-hydroxylation sites is 1. The van der Waals surface area contributed by atoms with Crippen LogP contribution in [0.15, 0.2) is 42.5 Å². The Kier molecular flexibility index (Phi) is 3.93. The number of hydrogen-bond acceptors (Lipinski definition) is 1. The van der Waals surface area contributed by atoms with Crippen molar-refractivity contribution in [2.75, 3.05) is 5.32 Å². The van der Waals surface area contributed by atoms with Crippen molar-refractivity contribution in [1.82, 2.24) is 0 Å². The van der Waals surface area contributed by atoms with Gasteiger partial charge in [0.05, 0.1) is 0 Å². The fraction of sp³-hybridized carbons (Fsp3) is 0.143.